The van der Waals surface area contributed by atoms with E-state index >= 15 is 0 Å². The van der Waals surface area contributed by atoms with Gasteiger partial charge in [-0.05, 0) is 49.9 Å². The van der Waals surface area contributed by atoms with Gasteiger partial charge in [-0.15, -0.1) is 0 Å². The lowest BCUT2D eigenvalue weighted by molar-refractivity contribution is -0.116. The molecule has 29 heavy (non-hydrogen) atoms. The number of rotatable bonds is 8. The molecule has 2 rings (SSSR count). The van der Waals surface area contributed by atoms with Crippen LogP contribution in [-0.2, 0) is 24.7 Å². The predicted octanol–water partition coefficient (Wildman–Crippen LogP) is 1.76. The van der Waals surface area contributed by atoms with Crippen LogP contribution in [0.4, 0.5) is 5.69 Å². The van der Waals surface area contributed by atoms with Gasteiger partial charge in [-0.2, -0.15) is 0 Å². The minimum atomic E-state index is -3.84. The first-order valence-corrected chi connectivity index (χ1v) is 12.2. The van der Waals surface area contributed by atoms with Crippen LogP contribution in [0.25, 0.3) is 0 Å². The molecule has 0 saturated carbocycles. The number of benzene rings is 2. The first-order valence-electron chi connectivity index (χ1n) is 8.81. The molecule has 0 radical (unpaired) electrons. The third kappa shape index (κ3) is 6.64. The Bertz CT molecular complexity index is 1080. The van der Waals surface area contributed by atoms with E-state index in [0.29, 0.717) is 12.2 Å². The van der Waals surface area contributed by atoms with Crippen LogP contribution in [-0.4, -0.2) is 47.5 Å². The lowest BCUT2D eigenvalue weighted by Gasteiger charge is -2.25. The molecule has 158 valence electrons. The normalized spacial score (nSPS) is 13.3. The molecule has 1 amide bonds. The average Bonchev–Trinajstić information content (AvgIpc) is 2.64. The van der Waals surface area contributed by atoms with Gasteiger partial charge in [0.2, 0.25) is 15.9 Å². The summed E-state index contributed by atoms with van der Waals surface area (Å²) < 4.78 is 45.9. The van der Waals surface area contributed by atoms with Crippen LogP contribution in [0.2, 0.25) is 0 Å². The molecular weight excluding hydrogens is 414 g/mol. The molecule has 2 aromatic rings. The molecule has 1 atom stereocenters. The lowest BCUT2D eigenvalue weighted by Crippen LogP contribution is -2.27. The molecule has 0 aliphatic rings. The van der Waals surface area contributed by atoms with Gasteiger partial charge in [0.15, 0.2) is 9.84 Å². The average molecular weight is 440 g/mol. The number of carbonyl (C=O) groups excluding carboxylic acids is 1. The summed E-state index contributed by atoms with van der Waals surface area (Å²) in [5.41, 5.74) is 1.29. The van der Waals surface area contributed by atoms with Gasteiger partial charge >= 0.3 is 0 Å². The van der Waals surface area contributed by atoms with E-state index in [-0.39, 0.29) is 28.2 Å². The topological polar surface area (TPSA) is 127 Å². The zero-order valence-electron chi connectivity index (χ0n) is 16.5. The summed E-state index contributed by atoms with van der Waals surface area (Å²) in [7, 11) is -5.21. The van der Waals surface area contributed by atoms with Gasteiger partial charge in [-0.1, -0.05) is 18.2 Å². The highest BCUT2D eigenvalue weighted by atomic mass is 32.2. The summed E-state index contributed by atoms with van der Waals surface area (Å²) in [6.07, 6.45) is 1.36. The zero-order valence-corrected chi connectivity index (χ0v) is 18.1. The number of hydrogen-bond donors (Lipinski definition) is 2. The van der Waals surface area contributed by atoms with E-state index in [1.807, 2.05) is 18.9 Å². The molecule has 0 aromatic heterocycles. The van der Waals surface area contributed by atoms with Gasteiger partial charge in [0.1, 0.15) is 0 Å². The maximum Gasteiger partial charge on any atom is 0.238 e. The Morgan fingerprint density at radius 3 is 2.24 bits per heavy atom. The minimum absolute atomic E-state index is 0.0258. The van der Waals surface area contributed by atoms with Crippen LogP contribution in [0, 0.1) is 0 Å². The smallest absolute Gasteiger partial charge is 0.238 e. The zero-order chi connectivity index (χ0) is 21.8. The number of nitrogens with two attached hydrogens (primary N) is 1. The van der Waals surface area contributed by atoms with Crippen molar-refractivity contribution in [3.05, 3.63) is 54.1 Å². The molecule has 0 fully saturated rings. The molecule has 0 aliphatic carbocycles. The third-order valence-corrected chi connectivity index (χ3v) is 6.63. The van der Waals surface area contributed by atoms with Crippen molar-refractivity contribution < 1.29 is 21.6 Å². The number of sulfone groups is 1. The van der Waals surface area contributed by atoms with Gasteiger partial charge in [0.05, 0.1) is 9.79 Å². The second-order valence-corrected chi connectivity index (χ2v) is 10.4. The number of anilines is 1. The van der Waals surface area contributed by atoms with Crippen molar-refractivity contribution in [3.8, 4) is 0 Å². The van der Waals surface area contributed by atoms with E-state index in [1.54, 1.807) is 30.3 Å². The predicted molar refractivity (Wildman–Crippen MR) is 112 cm³/mol. The SMILES string of the molecule is CC(c1ccc(S(C)(=O)=O)cc1)N(C)CCC(=O)Nc1cccc(S(N)(=O)=O)c1. The number of amides is 1. The highest BCUT2D eigenvalue weighted by Crippen LogP contribution is 2.21. The quantitative estimate of drug-likeness (QED) is 0.645. The molecular formula is C19H25N3O5S2. The van der Waals surface area contributed by atoms with E-state index in [2.05, 4.69) is 5.32 Å². The Kier molecular flexibility index (Phi) is 7.17. The molecule has 0 spiro atoms. The molecule has 0 saturated heterocycles. The summed E-state index contributed by atoms with van der Waals surface area (Å²) in [6.45, 7) is 2.42. The van der Waals surface area contributed by atoms with Gasteiger partial charge in [-0.3, -0.25) is 9.69 Å². The second-order valence-electron chi connectivity index (χ2n) is 6.87. The monoisotopic (exact) mass is 439 g/mol. The van der Waals surface area contributed by atoms with Crippen molar-refractivity contribution in [2.75, 3.05) is 25.2 Å². The molecule has 3 N–H and O–H groups in total. The minimum Gasteiger partial charge on any atom is -0.326 e. The largest absolute Gasteiger partial charge is 0.326 e. The number of hydrogen-bond acceptors (Lipinski definition) is 6. The standard InChI is InChI=1S/C19H25N3O5S2/c1-14(15-7-9-17(10-8-15)28(3,24)25)22(2)12-11-19(23)21-16-5-4-6-18(13-16)29(20,26)27/h4-10,13-14H,11-12H2,1-3H3,(H,21,23)(H2,20,26,27). The Morgan fingerprint density at radius 2 is 1.69 bits per heavy atom. The van der Waals surface area contributed by atoms with Crippen LogP contribution in [0.15, 0.2) is 58.3 Å². The molecule has 1 unspecified atom stereocenters. The van der Waals surface area contributed by atoms with Gasteiger partial charge in [-0.25, -0.2) is 22.0 Å². The maximum absolute atomic E-state index is 12.2. The van der Waals surface area contributed by atoms with Crippen molar-refractivity contribution in [2.24, 2.45) is 5.14 Å². The van der Waals surface area contributed by atoms with Crippen molar-refractivity contribution in [1.29, 1.82) is 0 Å². The Balaban J connectivity index is 1.94. The van der Waals surface area contributed by atoms with Crippen molar-refractivity contribution >= 4 is 31.5 Å². The Hall–Kier alpha value is -2.27. The van der Waals surface area contributed by atoms with E-state index in [1.165, 1.54) is 18.2 Å². The highest BCUT2D eigenvalue weighted by molar-refractivity contribution is 7.90. The summed E-state index contributed by atoms with van der Waals surface area (Å²) in [4.78, 5) is 14.4. The first kappa shape index (κ1) is 23.0. The number of nitrogens with zero attached hydrogens (tertiary/aromatic N) is 1. The third-order valence-electron chi connectivity index (χ3n) is 4.59. The van der Waals surface area contributed by atoms with Gasteiger partial charge < -0.3 is 5.32 Å². The molecule has 8 nitrogen and oxygen atoms in total. The fraction of sp³-hybridized carbons (Fsp3) is 0.316. The Labute approximate surface area is 171 Å². The summed E-state index contributed by atoms with van der Waals surface area (Å²) >= 11 is 0. The first-order chi connectivity index (χ1) is 13.4. The second kappa shape index (κ2) is 9.04. The van der Waals surface area contributed by atoms with Crippen molar-refractivity contribution in [1.82, 2.24) is 4.90 Å². The van der Waals surface area contributed by atoms with Crippen molar-refractivity contribution in [3.63, 3.8) is 0 Å². The molecule has 0 aliphatic heterocycles. The van der Waals surface area contributed by atoms with Crippen LogP contribution in [0.1, 0.15) is 24.9 Å². The van der Waals surface area contributed by atoms with Crippen LogP contribution >= 0.6 is 0 Å². The number of nitrogens with one attached hydrogen (secondary N) is 1. The number of primary sulfonamides is 1. The van der Waals surface area contributed by atoms with E-state index in [0.717, 1.165) is 11.8 Å². The van der Waals surface area contributed by atoms with E-state index in [4.69, 9.17) is 5.14 Å². The van der Waals surface area contributed by atoms with Crippen LogP contribution in [0.3, 0.4) is 0 Å². The molecule has 2 aromatic carbocycles. The lowest BCUT2D eigenvalue weighted by atomic mass is 10.1. The van der Waals surface area contributed by atoms with Gasteiger partial charge in [0, 0.05) is 31.0 Å². The maximum atomic E-state index is 12.2. The molecule has 10 heteroatoms. The van der Waals surface area contributed by atoms with Crippen LogP contribution < -0.4 is 10.5 Å². The fourth-order valence-electron chi connectivity index (χ4n) is 2.69. The highest BCUT2D eigenvalue weighted by Gasteiger charge is 2.15. The van der Waals surface area contributed by atoms with E-state index in [9.17, 15) is 21.6 Å². The summed E-state index contributed by atoms with van der Waals surface area (Å²) in [5, 5.41) is 7.76. The summed E-state index contributed by atoms with van der Waals surface area (Å²) in [5.74, 6) is -0.261. The molecule has 0 heterocycles. The van der Waals surface area contributed by atoms with E-state index < -0.39 is 19.9 Å². The van der Waals surface area contributed by atoms with Crippen molar-refractivity contribution in [2.45, 2.75) is 29.2 Å². The van der Waals surface area contributed by atoms with Gasteiger partial charge in [0.25, 0.3) is 0 Å². The Morgan fingerprint density at radius 1 is 1.07 bits per heavy atom. The number of carbonyl (C=O) groups is 1. The van der Waals surface area contributed by atoms with Crippen LogP contribution in [0.5, 0.6) is 0 Å². The number of sulfonamides is 1. The fourth-order valence-corrected chi connectivity index (χ4v) is 3.88. The summed E-state index contributed by atoms with van der Waals surface area (Å²) in [6, 6.07) is 12.4. The molecule has 0 bridgehead atoms.